The van der Waals surface area contributed by atoms with Crippen LogP contribution in [-0.2, 0) is 38.5 Å². The fourth-order valence-corrected chi connectivity index (χ4v) is 18.1. The zero-order valence-electron chi connectivity index (χ0n) is 33.8. The first kappa shape index (κ1) is 44.6. The monoisotopic (exact) mass is 938 g/mol. The molecule has 0 spiro atoms. The summed E-state index contributed by atoms with van der Waals surface area (Å²) in [5, 5.41) is 2.27. The molecule has 2 aliphatic rings. The minimum Gasteiger partial charge on any atom is -0.147 e. The molecule has 0 aromatic heterocycles. The van der Waals surface area contributed by atoms with Gasteiger partial charge in [0.05, 0.1) is 0 Å². The van der Waals surface area contributed by atoms with Crippen molar-refractivity contribution in [2.24, 2.45) is 0 Å². The van der Waals surface area contributed by atoms with Crippen LogP contribution in [0.15, 0.2) is 149 Å². The Hall–Kier alpha value is -3.00. The molecule has 58 heavy (non-hydrogen) atoms. The van der Waals surface area contributed by atoms with Crippen LogP contribution in [0.5, 0.6) is 0 Å². The van der Waals surface area contributed by atoms with Crippen molar-refractivity contribution in [3.63, 3.8) is 0 Å². The molecule has 0 saturated carbocycles. The number of hydrogen-bond acceptors (Lipinski definition) is 0. The third kappa shape index (κ3) is 9.03. The zero-order valence-corrected chi connectivity index (χ0v) is 40.2. The molecule has 0 amide bonds. The first-order valence-corrected chi connectivity index (χ1v) is 24.6. The van der Waals surface area contributed by atoms with Crippen molar-refractivity contribution in [2.75, 3.05) is 0 Å². The van der Waals surface area contributed by atoms with Crippen molar-refractivity contribution in [1.29, 1.82) is 0 Å². The first-order chi connectivity index (χ1) is 26.8. The van der Waals surface area contributed by atoms with E-state index in [1.165, 1.54) is 66.8 Å². The summed E-state index contributed by atoms with van der Waals surface area (Å²) in [7, 11) is 0. The van der Waals surface area contributed by atoms with Gasteiger partial charge >= 0.3 is 359 Å². The van der Waals surface area contributed by atoms with Gasteiger partial charge in [-0.25, -0.2) is 0 Å². The van der Waals surface area contributed by atoms with Crippen LogP contribution < -0.4 is 0 Å². The predicted molar refractivity (Wildman–Crippen MR) is 254 cm³/mol. The summed E-state index contributed by atoms with van der Waals surface area (Å²) in [6, 6.07) is 46.9. The molecule has 0 N–H and O–H groups in total. The van der Waals surface area contributed by atoms with E-state index >= 15 is 0 Å². The van der Waals surface area contributed by atoms with E-state index in [-0.39, 0.29) is 39.3 Å². The van der Waals surface area contributed by atoms with Gasteiger partial charge in [-0.2, -0.15) is 0 Å². The molecule has 0 radical (unpaired) electrons. The molecule has 2 aliphatic carbocycles. The average molecular weight is 942 g/mol. The molecule has 6 aromatic carbocycles. The maximum Gasteiger partial charge on any atom is -0.147 e. The number of allylic oxidation sites excluding steroid dienone is 4. The summed E-state index contributed by atoms with van der Waals surface area (Å²) < 4.78 is 3.45. The second-order valence-corrected chi connectivity index (χ2v) is 25.1. The molecular weight excluding hydrogens is 893 g/mol. The molecule has 8 rings (SSSR count). The van der Waals surface area contributed by atoms with E-state index in [9.17, 15) is 0 Å². The normalized spacial score (nSPS) is 13.9. The maximum absolute atomic E-state index is 6.59. The Balaban J connectivity index is 0.00000283. The van der Waals surface area contributed by atoms with Gasteiger partial charge in [0.15, 0.2) is 0 Å². The van der Waals surface area contributed by atoms with Crippen LogP contribution in [0.4, 0.5) is 0 Å². The summed E-state index contributed by atoms with van der Waals surface area (Å²) in [5.41, 5.74) is 15.8. The van der Waals surface area contributed by atoms with Gasteiger partial charge in [0.1, 0.15) is 0 Å². The van der Waals surface area contributed by atoms with Crippen molar-refractivity contribution < 1.29 is 21.3 Å². The predicted octanol–water partition coefficient (Wildman–Crippen LogP) is 16.4. The van der Waals surface area contributed by atoms with Gasteiger partial charge in [0.2, 0.25) is 0 Å². The van der Waals surface area contributed by atoms with E-state index in [2.05, 4.69) is 163 Å². The Labute approximate surface area is 380 Å². The quantitative estimate of drug-likeness (QED) is 0.150. The smallest absolute Gasteiger partial charge is 0.147 e. The second kappa shape index (κ2) is 17.9. The Morgan fingerprint density at radius 1 is 0.569 bits per heavy atom. The van der Waals surface area contributed by atoms with Crippen LogP contribution in [0.25, 0.3) is 33.4 Å². The van der Waals surface area contributed by atoms with Crippen LogP contribution in [0.3, 0.4) is 0 Å². The van der Waals surface area contributed by atoms with Gasteiger partial charge in [-0.15, -0.1) is 24.8 Å². The number of benzene rings is 6. The van der Waals surface area contributed by atoms with Gasteiger partial charge in [0.25, 0.3) is 0 Å². The van der Waals surface area contributed by atoms with Crippen molar-refractivity contribution in [1.82, 2.24) is 0 Å². The van der Waals surface area contributed by atoms with E-state index in [0.717, 1.165) is 27.9 Å². The van der Waals surface area contributed by atoms with Crippen LogP contribution in [0, 0.1) is 0 Å². The van der Waals surface area contributed by atoms with Crippen LogP contribution >= 0.6 is 59.6 Å². The van der Waals surface area contributed by atoms with Crippen molar-refractivity contribution >= 4 is 62.8 Å². The van der Waals surface area contributed by atoms with Gasteiger partial charge in [0, 0.05) is 0 Å². The number of rotatable bonds is 7. The number of halogens is 5. The van der Waals surface area contributed by atoms with E-state index in [0.29, 0.717) is 0 Å². The molecule has 0 heterocycles. The summed E-state index contributed by atoms with van der Waals surface area (Å²) >= 11 is 16.6. The Morgan fingerprint density at radius 3 is 1.43 bits per heavy atom. The molecule has 0 bridgehead atoms. The Bertz CT molecular complexity index is 2420. The molecule has 6 heteroatoms. The third-order valence-corrected chi connectivity index (χ3v) is 20.4. The number of hydrogen-bond donors (Lipinski definition) is 0. The van der Waals surface area contributed by atoms with Crippen LogP contribution in [0.2, 0.25) is 15.1 Å². The second-order valence-electron chi connectivity index (χ2n) is 17.3. The fraction of sp³-hybridized carbons (Fsp3) is 0.212. The van der Waals surface area contributed by atoms with Crippen molar-refractivity contribution in [3.8, 4) is 33.4 Å². The third-order valence-electron chi connectivity index (χ3n) is 11.4. The summed E-state index contributed by atoms with van der Waals surface area (Å²) in [5.74, 6) is 0. The van der Waals surface area contributed by atoms with Gasteiger partial charge in [-0.1, -0.05) is 0 Å². The maximum atomic E-state index is 6.59. The molecule has 0 aliphatic heterocycles. The molecule has 0 nitrogen and oxygen atoms in total. The van der Waals surface area contributed by atoms with Crippen LogP contribution in [0.1, 0.15) is 85.0 Å². The standard InChI is InChI=1S/C33H31Cl2.C14H11Cl.C5H5.2ClH.Zr/c1-32(2,3)30-18-26-22(16-28(30)20-7-11-24(34)12-8-20)15-23-17-29(21-9-13-25(35)14-10-21)31(19-27(23)26)33(4,5)6;15-14-10-8-13(9-11-14)7-6-12-4-2-1-3-5-12;1-2-4-5-3-1;;;/h7-19H,1-6H3;1-5,8-11H,6H2;1-3H,4H2;2*1H;. The molecule has 0 unspecified atom stereocenters. The summed E-state index contributed by atoms with van der Waals surface area (Å²) in [6.45, 7) is 14.0. The summed E-state index contributed by atoms with van der Waals surface area (Å²) in [6.07, 6.45) is 9.01. The number of fused-ring (bicyclic) bond motifs is 3. The minimum absolute atomic E-state index is 0. The molecule has 0 fully saturated rings. The largest absolute Gasteiger partial charge is 0.147 e. The molecule has 296 valence electrons. The SMILES string of the molecule is CC(C)(C)c1cc2c(cc1-c1ccc(Cl)cc1)[CH](/[Zr]([C]1=CC=CC1)=[C](\Cc1ccccc1)c1ccc(Cl)cc1)c1cc(-c3ccc(Cl)cc3)c(C(C)(C)C)cc1-2.Cl.Cl. The Kier molecular flexibility index (Phi) is 13.8. The van der Waals surface area contributed by atoms with Crippen molar-refractivity contribution in [2.45, 2.75) is 68.8 Å². The van der Waals surface area contributed by atoms with Gasteiger partial charge < -0.3 is 0 Å². The molecule has 6 aromatic rings. The molecule has 0 atom stereocenters. The van der Waals surface area contributed by atoms with Crippen LogP contribution in [-0.4, -0.2) is 3.21 Å². The van der Waals surface area contributed by atoms with E-state index in [4.69, 9.17) is 34.8 Å². The Morgan fingerprint density at radius 2 is 1.02 bits per heavy atom. The zero-order chi connectivity index (χ0) is 39.4. The fourth-order valence-electron chi connectivity index (χ4n) is 8.64. The van der Waals surface area contributed by atoms with Gasteiger partial charge in [-0.3, -0.25) is 0 Å². The average Bonchev–Trinajstić information content (AvgIpc) is 3.81. The minimum atomic E-state index is -2.96. The summed E-state index contributed by atoms with van der Waals surface area (Å²) in [4.78, 5) is 0. The molecule has 0 saturated heterocycles. The van der Waals surface area contributed by atoms with E-state index in [1.54, 1.807) is 6.49 Å². The first-order valence-electron chi connectivity index (χ1n) is 19.5. The van der Waals surface area contributed by atoms with E-state index in [1.807, 2.05) is 24.3 Å². The van der Waals surface area contributed by atoms with E-state index < -0.39 is 21.3 Å². The molecular formula is C52H49Cl5Zr. The topological polar surface area (TPSA) is 0 Å². The van der Waals surface area contributed by atoms with Crippen molar-refractivity contribution in [3.05, 3.63) is 197 Å². The van der Waals surface area contributed by atoms with Gasteiger partial charge in [-0.05, 0) is 0 Å².